The highest BCUT2D eigenvalue weighted by Crippen LogP contribution is 2.20. The number of anilines is 1. The molecule has 18 heavy (non-hydrogen) atoms. The molecule has 0 radical (unpaired) electrons. The fourth-order valence-electron chi connectivity index (χ4n) is 2.23. The molecule has 0 atom stereocenters. The number of hydrogen-bond acceptors (Lipinski definition) is 2. The van der Waals surface area contributed by atoms with Gasteiger partial charge >= 0.3 is 0 Å². The standard InChI is InChI=1S/C16H26N2/c1-4-18(12-13(2)3)16-9-5-14(6-10-16)11-17-15-7-8-15/h5-6,9-10,13,15,17H,4,7-8,11-12H2,1-3H3. The van der Waals surface area contributed by atoms with Gasteiger partial charge in [0.1, 0.15) is 0 Å². The largest absolute Gasteiger partial charge is 0.372 e. The van der Waals surface area contributed by atoms with Crippen LogP contribution in [0.15, 0.2) is 24.3 Å². The molecule has 0 unspecified atom stereocenters. The second-order valence-electron chi connectivity index (χ2n) is 5.75. The van der Waals surface area contributed by atoms with E-state index in [1.54, 1.807) is 0 Å². The highest BCUT2D eigenvalue weighted by Gasteiger charge is 2.19. The first-order valence-corrected chi connectivity index (χ1v) is 7.26. The Morgan fingerprint density at radius 2 is 1.89 bits per heavy atom. The van der Waals surface area contributed by atoms with Crippen molar-refractivity contribution >= 4 is 5.69 Å². The molecule has 1 aromatic carbocycles. The second-order valence-corrected chi connectivity index (χ2v) is 5.75. The van der Waals surface area contributed by atoms with Crippen LogP contribution < -0.4 is 10.2 Å². The van der Waals surface area contributed by atoms with Crippen molar-refractivity contribution in [3.63, 3.8) is 0 Å². The quantitative estimate of drug-likeness (QED) is 0.793. The van der Waals surface area contributed by atoms with Crippen molar-refractivity contribution in [2.45, 2.75) is 46.2 Å². The van der Waals surface area contributed by atoms with Crippen LogP contribution in [-0.2, 0) is 6.54 Å². The maximum atomic E-state index is 3.55. The molecule has 2 heteroatoms. The third-order valence-electron chi connectivity index (χ3n) is 3.44. The van der Waals surface area contributed by atoms with Gasteiger partial charge in [0, 0.05) is 31.4 Å². The lowest BCUT2D eigenvalue weighted by Gasteiger charge is -2.25. The molecular formula is C16H26N2. The molecule has 0 amide bonds. The van der Waals surface area contributed by atoms with Crippen molar-refractivity contribution in [2.75, 3.05) is 18.0 Å². The van der Waals surface area contributed by atoms with E-state index in [0.717, 1.165) is 25.7 Å². The Labute approximate surface area is 111 Å². The Balaban J connectivity index is 1.91. The van der Waals surface area contributed by atoms with E-state index in [1.165, 1.54) is 24.1 Å². The van der Waals surface area contributed by atoms with Crippen LogP contribution in [0.2, 0.25) is 0 Å². The molecule has 1 aliphatic rings. The van der Waals surface area contributed by atoms with Gasteiger partial charge in [-0.2, -0.15) is 0 Å². The highest BCUT2D eigenvalue weighted by atomic mass is 15.1. The zero-order valence-electron chi connectivity index (χ0n) is 11.9. The van der Waals surface area contributed by atoms with Gasteiger partial charge < -0.3 is 10.2 Å². The van der Waals surface area contributed by atoms with Gasteiger partial charge in [-0.3, -0.25) is 0 Å². The van der Waals surface area contributed by atoms with Gasteiger partial charge in [-0.15, -0.1) is 0 Å². The predicted molar refractivity (Wildman–Crippen MR) is 79.0 cm³/mol. The van der Waals surface area contributed by atoms with E-state index in [1.807, 2.05) is 0 Å². The van der Waals surface area contributed by atoms with Crippen LogP contribution in [0.25, 0.3) is 0 Å². The number of hydrogen-bond donors (Lipinski definition) is 1. The SMILES string of the molecule is CCN(CC(C)C)c1ccc(CNC2CC2)cc1. The maximum absolute atomic E-state index is 3.55. The van der Waals surface area contributed by atoms with Gasteiger partial charge in [-0.05, 0) is 43.4 Å². The van der Waals surface area contributed by atoms with Gasteiger partial charge in [0.25, 0.3) is 0 Å². The highest BCUT2D eigenvalue weighted by molar-refractivity contribution is 5.47. The smallest absolute Gasteiger partial charge is 0.0366 e. The minimum Gasteiger partial charge on any atom is -0.372 e. The number of nitrogens with one attached hydrogen (secondary N) is 1. The molecule has 1 fully saturated rings. The van der Waals surface area contributed by atoms with Crippen LogP contribution in [0.3, 0.4) is 0 Å². The van der Waals surface area contributed by atoms with E-state index in [9.17, 15) is 0 Å². The molecule has 2 nitrogen and oxygen atoms in total. The Bertz CT molecular complexity index is 352. The lowest BCUT2D eigenvalue weighted by molar-refractivity contribution is 0.618. The predicted octanol–water partition coefficient (Wildman–Crippen LogP) is 3.42. The zero-order chi connectivity index (χ0) is 13.0. The molecule has 1 aromatic rings. The summed E-state index contributed by atoms with van der Waals surface area (Å²) in [6.45, 7) is 10.0. The molecule has 1 N–H and O–H groups in total. The fourth-order valence-corrected chi connectivity index (χ4v) is 2.23. The first-order valence-electron chi connectivity index (χ1n) is 7.26. The van der Waals surface area contributed by atoms with Crippen molar-refractivity contribution in [2.24, 2.45) is 5.92 Å². The van der Waals surface area contributed by atoms with Gasteiger partial charge in [0.15, 0.2) is 0 Å². The van der Waals surface area contributed by atoms with Gasteiger partial charge in [0.2, 0.25) is 0 Å². The molecule has 1 aliphatic carbocycles. The summed E-state index contributed by atoms with van der Waals surface area (Å²) >= 11 is 0. The van der Waals surface area contributed by atoms with E-state index in [-0.39, 0.29) is 0 Å². The first kappa shape index (κ1) is 13.4. The zero-order valence-corrected chi connectivity index (χ0v) is 11.9. The lowest BCUT2D eigenvalue weighted by atomic mass is 10.1. The third kappa shape index (κ3) is 4.02. The Hall–Kier alpha value is -1.02. The summed E-state index contributed by atoms with van der Waals surface area (Å²) in [5.41, 5.74) is 2.74. The van der Waals surface area contributed by atoms with E-state index in [0.29, 0.717) is 5.92 Å². The van der Waals surface area contributed by atoms with E-state index < -0.39 is 0 Å². The molecule has 0 bridgehead atoms. The van der Waals surface area contributed by atoms with E-state index >= 15 is 0 Å². The Morgan fingerprint density at radius 3 is 2.39 bits per heavy atom. The minimum atomic E-state index is 0.709. The molecule has 1 saturated carbocycles. The van der Waals surface area contributed by atoms with Crippen molar-refractivity contribution in [3.05, 3.63) is 29.8 Å². The Morgan fingerprint density at radius 1 is 1.22 bits per heavy atom. The number of benzene rings is 1. The summed E-state index contributed by atoms with van der Waals surface area (Å²) in [5, 5.41) is 3.55. The van der Waals surface area contributed by atoms with Gasteiger partial charge in [-0.1, -0.05) is 26.0 Å². The average molecular weight is 246 g/mol. The fraction of sp³-hybridized carbons (Fsp3) is 0.625. The first-order chi connectivity index (χ1) is 8.69. The van der Waals surface area contributed by atoms with Crippen LogP contribution in [0, 0.1) is 5.92 Å². The van der Waals surface area contributed by atoms with Crippen molar-refractivity contribution in [3.8, 4) is 0 Å². The molecule has 0 aliphatic heterocycles. The topological polar surface area (TPSA) is 15.3 Å². The molecule has 0 aromatic heterocycles. The molecule has 2 rings (SSSR count). The minimum absolute atomic E-state index is 0.709. The summed E-state index contributed by atoms with van der Waals surface area (Å²) in [5.74, 6) is 0.709. The molecule has 0 spiro atoms. The van der Waals surface area contributed by atoms with Gasteiger partial charge in [0.05, 0.1) is 0 Å². The number of nitrogens with zero attached hydrogens (tertiary/aromatic N) is 1. The van der Waals surface area contributed by atoms with Crippen LogP contribution in [-0.4, -0.2) is 19.1 Å². The van der Waals surface area contributed by atoms with Crippen molar-refractivity contribution in [1.29, 1.82) is 0 Å². The number of rotatable bonds is 7. The normalized spacial score (nSPS) is 15.1. The maximum Gasteiger partial charge on any atom is 0.0366 e. The van der Waals surface area contributed by atoms with E-state index in [2.05, 4.69) is 55.3 Å². The molecule has 100 valence electrons. The molecular weight excluding hydrogens is 220 g/mol. The summed E-state index contributed by atoms with van der Waals surface area (Å²) < 4.78 is 0. The summed E-state index contributed by atoms with van der Waals surface area (Å²) in [6.07, 6.45) is 2.71. The summed E-state index contributed by atoms with van der Waals surface area (Å²) in [6, 6.07) is 9.82. The monoisotopic (exact) mass is 246 g/mol. The molecule has 0 heterocycles. The van der Waals surface area contributed by atoms with Crippen molar-refractivity contribution in [1.82, 2.24) is 5.32 Å². The van der Waals surface area contributed by atoms with Crippen LogP contribution in [0.1, 0.15) is 39.2 Å². The van der Waals surface area contributed by atoms with Crippen LogP contribution in [0.5, 0.6) is 0 Å². The molecule has 0 saturated heterocycles. The Kier molecular flexibility index (Phi) is 4.65. The van der Waals surface area contributed by atoms with Gasteiger partial charge in [-0.25, -0.2) is 0 Å². The third-order valence-corrected chi connectivity index (χ3v) is 3.44. The lowest BCUT2D eigenvalue weighted by Crippen LogP contribution is -2.27. The summed E-state index contributed by atoms with van der Waals surface area (Å²) in [4.78, 5) is 2.45. The van der Waals surface area contributed by atoms with Crippen LogP contribution in [0.4, 0.5) is 5.69 Å². The summed E-state index contributed by atoms with van der Waals surface area (Å²) in [7, 11) is 0. The van der Waals surface area contributed by atoms with E-state index in [4.69, 9.17) is 0 Å². The van der Waals surface area contributed by atoms with Crippen LogP contribution >= 0.6 is 0 Å². The second kappa shape index (κ2) is 6.24. The average Bonchev–Trinajstić information content (AvgIpc) is 3.18. The van der Waals surface area contributed by atoms with Crippen molar-refractivity contribution < 1.29 is 0 Å².